The van der Waals surface area contributed by atoms with E-state index in [0.29, 0.717) is 0 Å². The Balaban J connectivity index is 1.21. The van der Waals surface area contributed by atoms with Gasteiger partial charge in [-0.25, -0.2) is 4.98 Å². The van der Waals surface area contributed by atoms with Crippen molar-refractivity contribution in [2.45, 2.75) is 15.2 Å². The number of hydrogen-bond acceptors (Lipinski definition) is 2. The van der Waals surface area contributed by atoms with Crippen LogP contribution in [0.2, 0.25) is 0 Å². The lowest BCUT2D eigenvalue weighted by Crippen LogP contribution is -2.34. The van der Waals surface area contributed by atoms with E-state index in [1.807, 2.05) is 11.8 Å². The summed E-state index contributed by atoms with van der Waals surface area (Å²) < 4.78 is 2.28. The van der Waals surface area contributed by atoms with Crippen LogP contribution in [0.1, 0.15) is 22.3 Å². The third-order valence-electron chi connectivity index (χ3n) is 11.1. The minimum Gasteiger partial charge on any atom is -0.292 e. The number of benzene rings is 8. The maximum absolute atomic E-state index is 5.31. The first-order valence-corrected chi connectivity index (χ1v) is 18.9. The number of fused-ring (bicyclic) bond motifs is 12. The summed E-state index contributed by atoms with van der Waals surface area (Å²) in [6.45, 7) is 0. The van der Waals surface area contributed by atoms with Crippen molar-refractivity contribution in [2.24, 2.45) is 0 Å². The van der Waals surface area contributed by atoms with Crippen LogP contribution in [-0.4, -0.2) is 9.55 Å². The van der Waals surface area contributed by atoms with Gasteiger partial charge in [-0.3, -0.25) is 4.57 Å². The van der Waals surface area contributed by atoms with E-state index in [1.165, 1.54) is 59.9 Å². The van der Waals surface area contributed by atoms with Crippen molar-refractivity contribution >= 4 is 22.8 Å². The second-order valence-electron chi connectivity index (χ2n) is 13.9. The number of hydrogen-bond donors (Lipinski definition) is 0. The summed E-state index contributed by atoms with van der Waals surface area (Å²) in [5, 5.41) is 0. The third kappa shape index (κ3) is 4.44. The number of imidazole rings is 1. The van der Waals surface area contributed by atoms with E-state index in [1.54, 1.807) is 0 Å². The highest BCUT2D eigenvalue weighted by molar-refractivity contribution is 7.99. The van der Waals surface area contributed by atoms with Crippen molar-refractivity contribution < 1.29 is 0 Å². The predicted molar refractivity (Wildman–Crippen MR) is 219 cm³/mol. The summed E-state index contributed by atoms with van der Waals surface area (Å²) in [6, 6.07) is 71.1. The summed E-state index contributed by atoms with van der Waals surface area (Å²) in [7, 11) is 0. The molecule has 1 aliphatic heterocycles. The Labute approximate surface area is 313 Å². The molecule has 8 aromatic carbocycles. The molecule has 1 spiro atoms. The fourth-order valence-electron chi connectivity index (χ4n) is 8.87. The third-order valence-corrected chi connectivity index (χ3v) is 12.3. The number of para-hydroxylation sites is 1. The zero-order valence-electron chi connectivity index (χ0n) is 28.8. The van der Waals surface area contributed by atoms with Crippen LogP contribution in [0.15, 0.2) is 204 Å². The van der Waals surface area contributed by atoms with Gasteiger partial charge in [-0.1, -0.05) is 163 Å². The first-order chi connectivity index (χ1) is 26.3. The van der Waals surface area contributed by atoms with Crippen LogP contribution in [0.5, 0.6) is 0 Å². The van der Waals surface area contributed by atoms with Gasteiger partial charge in [0.05, 0.1) is 16.4 Å². The smallest absolute Gasteiger partial charge is 0.145 e. The first kappa shape index (κ1) is 30.2. The molecule has 0 unspecified atom stereocenters. The van der Waals surface area contributed by atoms with Gasteiger partial charge in [-0.2, -0.15) is 0 Å². The Bertz CT molecular complexity index is 2820. The molecule has 0 N–H and O–H groups in total. The number of aromatic nitrogens is 2. The van der Waals surface area contributed by atoms with Crippen LogP contribution >= 0.6 is 11.8 Å². The molecule has 0 saturated heterocycles. The van der Waals surface area contributed by atoms with Gasteiger partial charge in [-0.15, -0.1) is 0 Å². The summed E-state index contributed by atoms with van der Waals surface area (Å²) >= 11 is 1.88. The molecular weight excluding hydrogens is 661 g/mol. The summed E-state index contributed by atoms with van der Waals surface area (Å²) in [4.78, 5) is 7.90. The quantitative estimate of drug-likeness (QED) is 0.183. The standard InChI is InChI=1S/C50H32N2S/c1-3-15-33(16-4-1)49-51-45-32-35(28-30-46(45)52(49)36-17-5-2-6-18-36)34-27-29-40-38-20-8-7-19-37(38)39-21-9-10-22-41(39)50(44(40)31-34)42-23-11-13-25-47(42)53-48-26-14-12-24-43(48)50/h1-32H. The molecule has 53 heavy (non-hydrogen) atoms. The van der Waals surface area contributed by atoms with Crippen LogP contribution in [-0.2, 0) is 5.41 Å². The predicted octanol–water partition coefficient (Wildman–Crippen LogP) is 12.9. The lowest BCUT2D eigenvalue weighted by Gasteiger charge is -2.43. The maximum atomic E-state index is 5.31. The van der Waals surface area contributed by atoms with E-state index < -0.39 is 5.41 Å². The zero-order chi connectivity index (χ0) is 34.9. The largest absolute Gasteiger partial charge is 0.292 e. The Morgan fingerprint density at radius 2 is 0.925 bits per heavy atom. The minimum atomic E-state index is -0.543. The molecule has 2 aliphatic rings. The van der Waals surface area contributed by atoms with Gasteiger partial charge in [0.1, 0.15) is 5.82 Å². The van der Waals surface area contributed by atoms with E-state index in [2.05, 4.69) is 199 Å². The fraction of sp³-hybridized carbons (Fsp3) is 0.0200. The van der Waals surface area contributed by atoms with Crippen molar-refractivity contribution in [3.63, 3.8) is 0 Å². The Morgan fingerprint density at radius 1 is 0.396 bits per heavy atom. The van der Waals surface area contributed by atoms with Crippen molar-refractivity contribution in [3.05, 3.63) is 216 Å². The molecular formula is C50H32N2S. The van der Waals surface area contributed by atoms with Gasteiger partial charge in [0, 0.05) is 21.0 Å². The van der Waals surface area contributed by atoms with Crippen LogP contribution < -0.4 is 0 Å². The highest BCUT2D eigenvalue weighted by Gasteiger charge is 2.48. The SMILES string of the molecule is c1ccc(-c2nc3cc(-c4ccc5c(c4)C4(c6ccccc6Sc6ccccc64)c4ccccc4-c4ccccc4-5)ccc3n2-c2ccccc2)cc1. The van der Waals surface area contributed by atoms with Crippen molar-refractivity contribution in [1.82, 2.24) is 9.55 Å². The second kappa shape index (κ2) is 11.8. The summed E-state index contributed by atoms with van der Waals surface area (Å²) in [5.74, 6) is 0.936. The highest BCUT2D eigenvalue weighted by Crippen LogP contribution is 2.61. The van der Waals surface area contributed by atoms with Crippen LogP contribution in [0, 0.1) is 0 Å². The molecule has 0 amide bonds. The molecule has 0 saturated carbocycles. The van der Waals surface area contributed by atoms with Gasteiger partial charge in [0.2, 0.25) is 0 Å². The molecule has 0 radical (unpaired) electrons. The van der Waals surface area contributed by atoms with Crippen LogP contribution in [0.3, 0.4) is 0 Å². The van der Waals surface area contributed by atoms with Crippen molar-refractivity contribution in [3.8, 4) is 50.5 Å². The van der Waals surface area contributed by atoms with Gasteiger partial charge in [0.15, 0.2) is 0 Å². The van der Waals surface area contributed by atoms with E-state index in [-0.39, 0.29) is 0 Å². The topological polar surface area (TPSA) is 17.8 Å². The van der Waals surface area contributed by atoms with Crippen molar-refractivity contribution in [2.75, 3.05) is 0 Å². The Hall–Kier alpha value is -6.42. The van der Waals surface area contributed by atoms with Crippen LogP contribution in [0.4, 0.5) is 0 Å². The minimum absolute atomic E-state index is 0.543. The number of rotatable bonds is 3. The van der Waals surface area contributed by atoms with Gasteiger partial charge < -0.3 is 0 Å². The molecule has 2 nitrogen and oxygen atoms in total. The van der Waals surface area contributed by atoms with Crippen LogP contribution in [0.25, 0.3) is 61.5 Å². The second-order valence-corrected chi connectivity index (χ2v) is 15.0. The molecule has 1 aliphatic carbocycles. The van der Waals surface area contributed by atoms with E-state index in [4.69, 9.17) is 4.98 Å². The lowest BCUT2D eigenvalue weighted by atomic mass is 9.63. The molecule has 0 bridgehead atoms. The maximum Gasteiger partial charge on any atom is 0.145 e. The zero-order valence-corrected chi connectivity index (χ0v) is 29.6. The monoisotopic (exact) mass is 692 g/mol. The molecule has 3 heteroatoms. The molecule has 248 valence electrons. The lowest BCUT2D eigenvalue weighted by molar-refractivity contribution is 0.708. The van der Waals surface area contributed by atoms with E-state index in [9.17, 15) is 0 Å². The number of nitrogens with zero attached hydrogens (tertiary/aromatic N) is 2. The molecule has 11 rings (SSSR count). The van der Waals surface area contributed by atoms with Gasteiger partial charge >= 0.3 is 0 Å². The first-order valence-electron chi connectivity index (χ1n) is 18.1. The Kier molecular flexibility index (Phi) is 6.74. The molecule has 1 aromatic heterocycles. The highest BCUT2D eigenvalue weighted by atomic mass is 32.2. The summed E-state index contributed by atoms with van der Waals surface area (Å²) in [5.41, 5.74) is 16.3. The normalized spacial score (nSPS) is 13.4. The average Bonchev–Trinajstić information content (AvgIpc) is 3.58. The van der Waals surface area contributed by atoms with E-state index >= 15 is 0 Å². The summed E-state index contributed by atoms with van der Waals surface area (Å²) in [6.07, 6.45) is 0. The van der Waals surface area contributed by atoms with E-state index in [0.717, 1.165) is 33.7 Å². The molecule has 0 fully saturated rings. The fourth-order valence-corrected chi connectivity index (χ4v) is 10.1. The van der Waals surface area contributed by atoms with Gasteiger partial charge in [0.25, 0.3) is 0 Å². The molecule has 0 atom stereocenters. The molecule has 2 heterocycles. The Morgan fingerprint density at radius 3 is 1.62 bits per heavy atom. The van der Waals surface area contributed by atoms with Crippen molar-refractivity contribution in [1.29, 1.82) is 0 Å². The average molecular weight is 693 g/mol. The molecule has 9 aromatic rings. The van der Waals surface area contributed by atoms with Gasteiger partial charge in [-0.05, 0) is 98.1 Å².